The summed E-state index contributed by atoms with van der Waals surface area (Å²) in [4.78, 5) is 0. The number of rotatable bonds is 1. The molecule has 3 atom stereocenters. The lowest BCUT2D eigenvalue weighted by Crippen LogP contribution is -2.08. The van der Waals surface area contributed by atoms with Crippen molar-refractivity contribution >= 4 is 5.69 Å². The largest absolute Gasteiger partial charge is 0.399 e. The summed E-state index contributed by atoms with van der Waals surface area (Å²) in [5.41, 5.74) is 8.23. The van der Waals surface area contributed by atoms with E-state index in [1.54, 1.807) is 0 Å². The Morgan fingerprint density at radius 1 is 1.14 bits per heavy atom. The van der Waals surface area contributed by atoms with Gasteiger partial charge >= 0.3 is 0 Å². The second-order valence-corrected chi connectivity index (χ2v) is 4.95. The molecule has 2 bridgehead atoms. The first-order valence-electron chi connectivity index (χ1n) is 5.68. The summed E-state index contributed by atoms with van der Waals surface area (Å²) in [7, 11) is 0. The highest BCUT2D eigenvalue weighted by Crippen LogP contribution is 2.52. The fourth-order valence-electron chi connectivity index (χ4n) is 3.44. The van der Waals surface area contributed by atoms with Gasteiger partial charge in [-0.2, -0.15) is 0 Å². The molecule has 0 amide bonds. The van der Waals surface area contributed by atoms with Gasteiger partial charge in [0.15, 0.2) is 0 Å². The van der Waals surface area contributed by atoms with E-state index < -0.39 is 0 Å². The molecular weight excluding hydrogens is 170 g/mol. The Kier molecular flexibility index (Phi) is 1.79. The Hall–Kier alpha value is -0.980. The van der Waals surface area contributed by atoms with Crippen LogP contribution in [0.4, 0.5) is 5.69 Å². The maximum atomic E-state index is 5.82. The summed E-state index contributed by atoms with van der Waals surface area (Å²) >= 11 is 0. The van der Waals surface area contributed by atoms with Crippen LogP contribution in [0, 0.1) is 11.8 Å². The lowest BCUT2D eigenvalue weighted by atomic mass is 9.83. The predicted molar refractivity (Wildman–Crippen MR) is 59.0 cm³/mol. The molecule has 74 valence electrons. The molecule has 2 N–H and O–H groups in total. The second-order valence-electron chi connectivity index (χ2n) is 4.95. The zero-order chi connectivity index (χ0) is 9.54. The van der Waals surface area contributed by atoms with E-state index >= 15 is 0 Å². The Balaban J connectivity index is 1.89. The highest BCUT2D eigenvalue weighted by molar-refractivity contribution is 5.42. The van der Waals surface area contributed by atoms with Gasteiger partial charge in [0.1, 0.15) is 0 Å². The van der Waals surface area contributed by atoms with Crippen LogP contribution in [0.2, 0.25) is 0 Å². The molecular formula is C13H17N. The van der Waals surface area contributed by atoms with Crippen LogP contribution in [0.1, 0.15) is 37.2 Å². The summed E-state index contributed by atoms with van der Waals surface area (Å²) in [5, 5.41) is 0. The third kappa shape index (κ3) is 1.23. The fraction of sp³-hybridized carbons (Fsp3) is 0.538. The number of fused-ring (bicyclic) bond motifs is 2. The van der Waals surface area contributed by atoms with Gasteiger partial charge in [0.2, 0.25) is 0 Å². The number of benzene rings is 1. The van der Waals surface area contributed by atoms with Gasteiger partial charge in [-0.1, -0.05) is 18.6 Å². The standard InChI is InChI=1S/C13H17N/c14-12-3-1-2-10(8-12)13-7-9-4-5-11(13)6-9/h1-3,8-9,11,13H,4-7,14H2. The molecule has 3 rings (SSSR count). The van der Waals surface area contributed by atoms with Crippen LogP contribution >= 0.6 is 0 Å². The van der Waals surface area contributed by atoms with E-state index in [4.69, 9.17) is 5.73 Å². The van der Waals surface area contributed by atoms with E-state index in [1.807, 2.05) is 6.07 Å². The van der Waals surface area contributed by atoms with Crippen molar-refractivity contribution in [1.82, 2.24) is 0 Å². The van der Waals surface area contributed by atoms with Gasteiger partial charge in [-0.15, -0.1) is 0 Å². The summed E-state index contributed by atoms with van der Waals surface area (Å²) in [6, 6.07) is 8.50. The maximum absolute atomic E-state index is 5.82. The highest BCUT2D eigenvalue weighted by Gasteiger charge is 2.39. The number of hydrogen-bond acceptors (Lipinski definition) is 1. The lowest BCUT2D eigenvalue weighted by Gasteiger charge is -2.22. The minimum absolute atomic E-state index is 0.817. The molecule has 2 aliphatic rings. The van der Waals surface area contributed by atoms with Crippen molar-refractivity contribution in [2.75, 3.05) is 5.73 Å². The summed E-state index contributed by atoms with van der Waals surface area (Å²) in [5.74, 6) is 2.80. The van der Waals surface area contributed by atoms with Gasteiger partial charge in [-0.25, -0.2) is 0 Å². The topological polar surface area (TPSA) is 26.0 Å². The SMILES string of the molecule is Nc1cccc(C2CC3CCC2C3)c1. The Labute approximate surface area is 85.3 Å². The van der Waals surface area contributed by atoms with E-state index in [2.05, 4.69) is 18.2 Å². The highest BCUT2D eigenvalue weighted by atomic mass is 14.5. The van der Waals surface area contributed by atoms with E-state index in [0.717, 1.165) is 23.4 Å². The number of nitrogens with two attached hydrogens (primary N) is 1. The molecule has 14 heavy (non-hydrogen) atoms. The molecule has 2 aliphatic carbocycles. The van der Waals surface area contributed by atoms with E-state index in [-0.39, 0.29) is 0 Å². The molecule has 1 heteroatoms. The number of nitrogen functional groups attached to an aromatic ring is 1. The molecule has 0 spiro atoms. The monoisotopic (exact) mass is 187 g/mol. The van der Waals surface area contributed by atoms with Crippen LogP contribution < -0.4 is 5.73 Å². The molecule has 0 aromatic heterocycles. The molecule has 0 heterocycles. The van der Waals surface area contributed by atoms with Crippen molar-refractivity contribution in [1.29, 1.82) is 0 Å². The van der Waals surface area contributed by atoms with Gasteiger partial charge in [-0.3, -0.25) is 0 Å². The van der Waals surface area contributed by atoms with E-state index in [9.17, 15) is 0 Å². The van der Waals surface area contributed by atoms with Crippen LogP contribution in [0.3, 0.4) is 0 Å². The zero-order valence-electron chi connectivity index (χ0n) is 8.45. The molecule has 3 unspecified atom stereocenters. The van der Waals surface area contributed by atoms with Crippen molar-refractivity contribution in [3.8, 4) is 0 Å². The van der Waals surface area contributed by atoms with E-state index in [1.165, 1.54) is 31.2 Å². The average molecular weight is 187 g/mol. The van der Waals surface area contributed by atoms with Crippen molar-refractivity contribution in [3.05, 3.63) is 29.8 Å². The first-order chi connectivity index (χ1) is 6.83. The van der Waals surface area contributed by atoms with Crippen molar-refractivity contribution in [3.63, 3.8) is 0 Å². The first-order valence-corrected chi connectivity index (χ1v) is 5.68. The normalized spacial score (nSPS) is 35.0. The average Bonchev–Trinajstić information content (AvgIpc) is 2.78. The quantitative estimate of drug-likeness (QED) is 0.671. The molecule has 0 saturated heterocycles. The van der Waals surface area contributed by atoms with Gasteiger partial charge in [-0.05, 0) is 54.7 Å². The first kappa shape index (κ1) is 8.34. The van der Waals surface area contributed by atoms with Gasteiger partial charge < -0.3 is 5.73 Å². The molecule has 2 fully saturated rings. The summed E-state index contributed by atoms with van der Waals surface area (Å²) < 4.78 is 0. The zero-order valence-corrected chi connectivity index (χ0v) is 8.45. The summed E-state index contributed by atoms with van der Waals surface area (Å²) in [6.45, 7) is 0. The van der Waals surface area contributed by atoms with Gasteiger partial charge in [0, 0.05) is 5.69 Å². The smallest absolute Gasteiger partial charge is 0.0316 e. The van der Waals surface area contributed by atoms with Crippen LogP contribution in [0.5, 0.6) is 0 Å². The minimum atomic E-state index is 0.817. The molecule has 2 saturated carbocycles. The minimum Gasteiger partial charge on any atom is -0.399 e. The van der Waals surface area contributed by atoms with Gasteiger partial charge in [0.25, 0.3) is 0 Å². The third-order valence-corrected chi connectivity index (χ3v) is 4.08. The van der Waals surface area contributed by atoms with Crippen LogP contribution in [0.25, 0.3) is 0 Å². The number of anilines is 1. The Morgan fingerprint density at radius 2 is 2.07 bits per heavy atom. The van der Waals surface area contributed by atoms with Crippen molar-refractivity contribution < 1.29 is 0 Å². The van der Waals surface area contributed by atoms with Crippen LogP contribution in [0.15, 0.2) is 24.3 Å². The molecule has 0 radical (unpaired) electrons. The molecule has 1 aromatic carbocycles. The Bertz CT molecular complexity index is 345. The molecule has 1 aromatic rings. The Morgan fingerprint density at radius 3 is 2.71 bits per heavy atom. The van der Waals surface area contributed by atoms with Gasteiger partial charge in [0.05, 0.1) is 0 Å². The fourth-order valence-corrected chi connectivity index (χ4v) is 3.44. The molecule has 0 aliphatic heterocycles. The summed E-state index contributed by atoms with van der Waals surface area (Å²) in [6.07, 6.45) is 5.81. The van der Waals surface area contributed by atoms with Crippen molar-refractivity contribution in [2.24, 2.45) is 11.8 Å². The second kappa shape index (κ2) is 3.01. The lowest BCUT2D eigenvalue weighted by molar-refractivity contribution is 0.420. The van der Waals surface area contributed by atoms with E-state index in [0.29, 0.717) is 0 Å². The van der Waals surface area contributed by atoms with Crippen molar-refractivity contribution in [2.45, 2.75) is 31.6 Å². The predicted octanol–water partition coefficient (Wildman–Crippen LogP) is 3.17. The van der Waals surface area contributed by atoms with Crippen LogP contribution in [-0.2, 0) is 0 Å². The molecule has 1 nitrogen and oxygen atoms in total. The number of hydrogen-bond donors (Lipinski definition) is 1. The third-order valence-electron chi connectivity index (χ3n) is 4.08. The maximum Gasteiger partial charge on any atom is 0.0316 e. The van der Waals surface area contributed by atoms with Crippen LogP contribution in [-0.4, -0.2) is 0 Å².